The Labute approximate surface area is 195 Å². The number of hydrogen-bond donors (Lipinski definition) is 2. The lowest BCUT2D eigenvalue weighted by Gasteiger charge is -2.11. The van der Waals surface area contributed by atoms with Gasteiger partial charge in [-0.2, -0.15) is 5.10 Å². The van der Waals surface area contributed by atoms with Crippen LogP contribution in [0.3, 0.4) is 0 Å². The average Bonchev–Trinajstić information content (AvgIpc) is 3.51. The summed E-state index contributed by atoms with van der Waals surface area (Å²) in [4.78, 5) is 20.7. The van der Waals surface area contributed by atoms with Crippen LogP contribution in [-0.4, -0.2) is 57.7 Å². The van der Waals surface area contributed by atoms with E-state index in [0.717, 1.165) is 30.9 Å². The van der Waals surface area contributed by atoms with Crippen molar-refractivity contribution < 1.29 is 18.7 Å². The monoisotopic (exact) mass is 472 g/mol. The number of nitrogens with one attached hydrogen (secondary N) is 2. The maximum absolute atomic E-state index is 14.6. The first kappa shape index (κ1) is 23.0. The molecule has 174 valence electrons. The van der Waals surface area contributed by atoms with Gasteiger partial charge in [0.2, 0.25) is 5.95 Å². The van der Waals surface area contributed by atoms with Gasteiger partial charge in [0.1, 0.15) is 0 Å². The van der Waals surface area contributed by atoms with Crippen LogP contribution in [-0.2, 0) is 17.6 Å². The fraction of sp³-hybridized carbons (Fsp3) is 0.364. The SMILES string of the molecule is CNC(=O)c1cc(CCc2cnc(Nc3cnn(S[C@H]4CCOC4)c3)nc2)c(F)c(OC)c1. The smallest absolute Gasteiger partial charge is 0.251 e. The molecule has 1 aromatic carbocycles. The molecule has 1 aliphatic rings. The quantitative estimate of drug-likeness (QED) is 0.490. The van der Waals surface area contributed by atoms with Crippen LogP contribution < -0.4 is 15.4 Å². The lowest BCUT2D eigenvalue weighted by atomic mass is 10.0. The van der Waals surface area contributed by atoms with Crippen molar-refractivity contribution in [1.82, 2.24) is 24.5 Å². The van der Waals surface area contributed by atoms with Crippen molar-refractivity contribution in [2.24, 2.45) is 0 Å². The van der Waals surface area contributed by atoms with Crippen molar-refractivity contribution in [3.05, 3.63) is 59.4 Å². The number of halogens is 1. The van der Waals surface area contributed by atoms with Gasteiger partial charge in [-0.05, 0) is 54.5 Å². The van der Waals surface area contributed by atoms with Crippen molar-refractivity contribution in [3.63, 3.8) is 0 Å². The molecule has 2 aromatic heterocycles. The van der Waals surface area contributed by atoms with Gasteiger partial charge in [0.25, 0.3) is 5.91 Å². The Morgan fingerprint density at radius 2 is 2.12 bits per heavy atom. The number of anilines is 2. The highest BCUT2D eigenvalue weighted by Gasteiger charge is 2.18. The van der Waals surface area contributed by atoms with Crippen LogP contribution in [0, 0.1) is 5.82 Å². The Morgan fingerprint density at radius 3 is 2.82 bits per heavy atom. The van der Waals surface area contributed by atoms with Crippen LogP contribution in [0.5, 0.6) is 5.75 Å². The number of hydrogen-bond acceptors (Lipinski definition) is 8. The standard InChI is InChI=1S/C22H25FN6O3S/c1-24-21(30)16-7-15(20(23)19(8-16)31-2)4-3-14-9-25-22(26-10-14)28-17-11-27-29(12-17)33-18-5-6-32-13-18/h7-12,18H,3-6,13H2,1-2H3,(H,24,30)(H,25,26,28)/t18-/m0/s1. The summed E-state index contributed by atoms with van der Waals surface area (Å²) in [5, 5.41) is 10.4. The number of rotatable bonds is 9. The number of aromatic nitrogens is 4. The van der Waals surface area contributed by atoms with Gasteiger partial charge in [-0.3, -0.25) is 4.79 Å². The van der Waals surface area contributed by atoms with Crippen molar-refractivity contribution in [3.8, 4) is 5.75 Å². The van der Waals surface area contributed by atoms with Gasteiger partial charge >= 0.3 is 0 Å². The van der Waals surface area contributed by atoms with Crippen molar-refractivity contribution in [2.75, 3.05) is 32.7 Å². The van der Waals surface area contributed by atoms with Crippen LogP contribution in [0.2, 0.25) is 0 Å². The van der Waals surface area contributed by atoms with E-state index in [9.17, 15) is 9.18 Å². The molecule has 1 aliphatic heterocycles. The summed E-state index contributed by atoms with van der Waals surface area (Å²) < 4.78 is 26.9. The first-order valence-corrected chi connectivity index (χ1v) is 11.4. The molecule has 3 heterocycles. The summed E-state index contributed by atoms with van der Waals surface area (Å²) in [6, 6.07) is 2.93. The lowest BCUT2D eigenvalue weighted by molar-refractivity contribution is 0.0962. The van der Waals surface area contributed by atoms with E-state index in [2.05, 4.69) is 25.7 Å². The summed E-state index contributed by atoms with van der Waals surface area (Å²) in [5.74, 6) is -0.280. The van der Waals surface area contributed by atoms with Crippen LogP contribution >= 0.6 is 11.9 Å². The highest BCUT2D eigenvalue weighted by atomic mass is 32.2. The molecule has 11 heteroatoms. The highest BCUT2D eigenvalue weighted by Crippen LogP contribution is 2.25. The molecule has 0 spiro atoms. The second-order valence-electron chi connectivity index (χ2n) is 7.49. The molecular weight excluding hydrogens is 447 g/mol. The molecule has 0 saturated carbocycles. The second kappa shape index (κ2) is 10.6. The lowest BCUT2D eigenvalue weighted by Crippen LogP contribution is -2.18. The summed E-state index contributed by atoms with van der Waals surface area (Å²) in [7, 11) is 2.90. The third kappa shape index (κ3) is 5.79. The molecule has 1 amide bonds. The molecule has 1 saturated heterocycles. The summed E-state index contributed by atoms with van der Waals surface area (Å²) >= 11 is 1.63. The zero-order chi connectivity index (χ0) is 23.2. The Morgan fingerprint density at radius 1 is 1.30 bits per heavy atom. The van der Waals surface area contributed by atoms with E-state index in [1.54, 1.807) is 36.6 Å². The minimum atomic E-state index is -0.469. The number of methoxy groups -OCH3 is 1. The van der Waals surface area contributed by atoms with E-state index >= 15 is 0 Å². The summed E-state index contributed by atoms with van der Waals surface area (Å²) in [5.41, 5.74) is 2.37. The van der Waals surface area contributed by atoms with E-state index in [4.69, 9.17) is 9.47 Å². The fourth-order valence-corrected chi connectivity index (χ4v) is 4.33. The Balaban J connectivity index is 1.36. The maximum Gasteiger partial charge on any atom is 0.251 e. The molecule has 0 bridgehead atoms. The van der Waals surface area contributed by atoms with Crippen LogP contribution in [0.1, 0.15) is 27.9 Å². The molecule has 4 rings (SSSR count). The van der Waals surface area contributed by atoms with E-state index in [-0.39, 0.29) is 11.7 Å². The number of aryl methyl sites for hydroxylation is 2. The third-order valence-electron chi connectivity index (χ3n) is 5.17. The number of ether oxygens (including phenoxy) is 2. The number of amides is 1. The first-order chi connectivity index (χ1) is 16.1. The van der Waals surface area contributed by atoms with Crippen LogP contribution in [0.4, 0.5) is 16.0 Å². The first-order valence-electron chi connectivity index (χ1n) is 10.5. The predicted octanol–water partition coefficient (Wildman–Crippen LogP) is 2.99. The van der Waals surface area contributed by atoms with E-state index in [1.165, 1.54) is 20.2 Å². The van der Waals surface area contributed by atoms with Crippen LogP contribution in [0.15, 0.2) is 36.9 Å². The van der Waals surface area contributed by atoms with Gasteiger partial charge in [0.05, 0.1) is 37.0 Å². The Bertz CT molecular complexity index is 1100. The molecule has 0 unspecified atom stereocenters. The number of nitrogens with zero attached hydrogens (tertiary/aromatic N) is 4. The van der Waals surface area contributed by atoms with Gasteiger partial charge in [0.15, 0.2) is 11.6 Å². The van der Waals surface area contributed by atoms with Crippen LogP contribution in [0.25, 0.3) is 0 Å². The molecule has 0 aliphatic carbocycles. The predicted molar refractivity (Wildman–Crippen MR) is 124 cm³/mol. The zero-order valence-electron chi connectivity index (χ0n) is 18.4. The van der Waals surface area contributed by atoms with Crippen molar-refractivity contribution in [1.29, 1.82) is 0 Å². The van der Waals surface area contributed by atoms with E-state index in [1.807, 2.05) is 10.3 Å². The van der Waals surface area contributed by atoms with Gasteiger partial charge in [-0.15, -0.1) is 0 Å². The molecule has 2 N–H and O–H groups in total. The highest BCUT2D eigenvalue weighted by molar-refractivity contribution is 7.98. The molecule has 1 fully saturated rings. The Hall–Kier alpha value is -3.18. The van der Waals surface area contributed by atoms with E-state index in [0.29, 0.717) is 35.2 Å². The minimum Gasteiger partial charge on any atom is -0.494 e. The van der Waals surface area contributed by atoms with Gasteiger partial charge < -0.3 is 20.1 Å². The molecule has 9 nitrogen and oxygen atoms in total. The maximum atomic E-state index is 14.6. The normalized spacial score (nSPS) is 15.4. The minimum absolute atomic E-state index is 0.0427. The fourth-order valence-electron chi connectivity index (χ4n) is 3.39. The molecule has 0 radical (unpaired) electrons. The van der Waals surface area contributed by atoms with Gasteiger partial charge in [0, 0.05) is 31.6 Å². The summed E-state index contributed by atoms with van der Waals surface area (Å²) in [6.07, 6.45) is 8.90. The second-order valence-corrected chi connectivity index (χ2v) is 8.74. The molecule has 33 heavy (non-hydrogen) atoms. The van der Waals surface area contributed by atoms with Crippen molar-refractivity contribution >= 4 is 29.5 Å². The molecule has 1 atom stereocenters. The Kier molecular flexibility index (Phi) is 7.40. The van der Waals surface area contributed by atoms with E-state index < -0.39 is 5.82 Å². The number of benzene rings is 1. The third-order valence-corrected chi connectivity index (χ3v) is 6.26. The number of carbonyl (C=O) groups excluding carboxylic acids is 1. The molecular formula is C22H25FN6O3S. The summed E-state index contributed by atoms with van der Waals surface area (Å²) in [6.45, 7) is 1.54. The van der Waals surface area contributed by atoms with Gasteiger partial charge in [-0.25, -0.2) is 18.4 Å². The van der Waals surface area contributed by atoms with Crippen molar-refractivity contribution in [2.45, 2.75) is 24.5 Å². The largest absolute Gasteiger partial charge is 0.494 e. The molecule has 3 aromatic rings. The topological polar surface area (TPSA) is 103 Å². The van der Waals surface area contributed by atoms with Gasteiger partial charge in [-0.1, -0.05) is 0 Å². The average molecular weight is 473 g/mol. The zero-order valence-corrected chi connectivity index (χ0v) is 19.2. The number of carbonyl (C=O) groups is 1.